The molecule has 8 heteroatoms. The largest absolute Gasteiger partial charge is 0.491 e. The highest BCUT2D eigenvalue weighted by Gasteiger charge is 2.39. The zero-order valence-electron chi connectivity index (χ0n) is 16.6. The number of rotatable bonds is 4. The van der Waals surface area contributed by atoms with Gasteiger partial charge in [0.2, 0.25) is 18.0 Å². The van der Waals surface area contributed by atoms with Crippen LogP contribution in [0.25, 0.3) is 22.1 Å². The van der Waals surface area contributed by atoms with Crippen LogP contribution in [0.2, 0.25) is 0 Å². The minimum Gasteiger partial charge on any atom is -0.491 e. The summed E-state index contributed by atoms with van der Waals surface area (Å²) in [5.74, 6) is -0.290. The van der Waals surface area contributed by atoms with E-state index in [4.69, 9.17) is 18.6 Å². The van der Waals surface area contributed by atoms with Crippen LogP contribution in [0.3, 0.4) is 0 Å². The average molecular weight is 420 g/mol. The van der Waals surface area contributed by atoms with Gasteiger partial charge in [-0.15, -0.1) is 0 Å². The van der Waals surface area contributed by atoms with Crippen molar-refractivity contribution in [3.8, 4) is 28.4 Å². The van der Waals surface area contributed by atoms with Gasteiger partial charge in [-0.3, -0.25) is 4.79 Å². The van der Waals surface area contributed by atoms with Crippen LogP contribution in [0.1, 0.15) is 32.1 Å². The normalized spacial score (nSPS) is 13.3. The Morgan fingerprint density at radius 2 is 1.83 bits per heavy atom. The van der Waals surface area contributed by atoms with Gasteiger partial charge in [0.1, 0.15) is 11.3 Å². The van der Waals surface area contributed by atoms with Crippen molar-refractivity contribution >= 4 is 11.0 Å². The highest BCUT2D eigenvalue weighted by atomic mass is 19.4. The van der Waals surface area contributed by atoms with Crippen molar-refractivity contribution in [3.63, 3.8) is 0 Å². The second kappa shape index (κ2) is 7.27. The van der Waals surface area contributed by atoms with E-state index in [2.05, 4.69) is 0 Å². The maximum absolute atomic E-state index is 13.9. The van der Waals surface area contributed by atoms with Crippen molar-refractivity contribution in [2.45, 2.75) is 39.5 Å². The molecule has 0 saturated heterocycles. The van der Waals surface area contributed by atoms with Gasteiger partial charge in [0, 0.05) is 6.07 Å². The van der Waals surface area contributed by atoms with Gasteiger partial charge in [-0.1, -0.05) is 13.0 Å². The first kappa shape index (κ1) is 20.1. The Morgan fingerprint density at radius 1 is 1.10 bits per heavy atom. The average Bonchev–Trinajstić information content (AvgIpc) is 3.14. The molecule has 0 spiro atoms. The van der Waals surface area contributed by atoms with E-state index >= 15 is 0 Å². The topological polar surface area (TPSA) is 57.9 Å². The molecule has 5 nitrogen and oxygen atoms in total. The van der Waals surface area contributed by atoms with Crippen LogP contribution in [-0.2, 0) is 12.6 Å². The van der Waals surface area contributed by atoms with Crippen LogP contribution >= 0.6 is 0 Å². The third-order valence-electron chi connectivity index (χ3n) is 4.74. The van der Waals surface area contributed by atoms with Crippen LogP contribution in [0, 0.1) is 0 Å². The lowest BCUT2D eigenvalue weighted by Crippen LogP contribution is -2.16. The van der Waals surface area contributed by atoms with Gasteiger partial charge in [-0.2, -0.15) is 13.2 Å². The number of ether oxygens (including phenoxy) is 3. The summed E-state index contributed by atoms with van der Waals surface area (Å²) in [4.78, 5) is 13.2. The highest BCUT2D eigenvalue weighted by Crippen LogP contribution is 2.41. The molecule has 3 aromatic rings. The molecule has 0 aliphatic carbocycles. The first-order valence-corrected chi connectivity index (χ1v) is 9.46. The summed E-state index contributed by atoms with van der Waals surface area (Å²) in [6.45, 7) is 5.46. The minimum absolute atomic E-state index is 0.0320. The number of fused-ring (bicyclic) bond motifs is 2. The lowest BCUT2D eigenvalue weighted by Gasteiger charge is -2.16. The molecule has 0 amide bonds. The molecule has 0 fully saturated rings. The van der Waals surface area contributed by atoms with Crippen molar-refractivity contribution < 1.29 is 31.8 Å². The summed E-state index contributed by atoms with van der Waals surface area (Å²) in [6.07, 6.45) is -4.52. The zero-order valence-corrected chi connectivity index (χ0v) is 16.6. The fourth-order valence-corrected chi connectivity index (χ4v) is 3.42. The van der Waals surface area contributed by atoms with Crippen molar-refractivity contribution in [3.05, 3.63) is 51.9 Å². The summed E-state index contributed by atoms with van der Waals surface area (Å²) in [7, 11) is 0. The predicted molar refractivity (Wildman–Crippen MR) is 104 cm³/mol. The fraction of sp³-hybridized carbons (Fsp3) is 0.318. The second-order valence-corrected chi connectivity index (χ2v) is 7.18. The Morgan fingerprint density at radius 3 is 2.50 bits per heavy atom. The Hall–Kier alpha value is -3.16. The van der Waals surface area contributed by atoms with Gasteiger partial charge in [-0.05, 0) is 49.6 Å². The summed E-state index contributed by atoms with van der Waals surface area (Å²) in [5.41, 5.74) is -0.756. The number of hydrogen-bond acceptors (Lipinski definition) is 5. The second-order valence-electron chi connectivity index (χ2n) is 7.18. The van der Waals surface area contributed by atoms with E-state index in [9.17, 15) is 18.0 Å². The molecule has 0 N–H and O–H groups in total. The molecule has 0 radical (unpaired) electrons. The Balaban J connectivity index is 2.02. The summed E-state index contributed by atoms with van der Waals surface area (Å²) in [6, 6.07) is 7.10. The molecule has 158 valence electrons. The first-order chi connectivity index (χ1) is 14.2. The quantitative estimate of drug-likeness (QED) is 0.553. The van der Waals surface area contributed by atoms with Crippen LogP contribution in [0.15, 0.2) is 39.5 Å². The van der Waals surface area contributed by atoms with Gasteiger partial charge in [0.25, 0.3) is 0 Å². The molecule has 0 atom stereocenters. The van der Waals surface area contributed by atoms with Gasteiger partial charge in [0.15, 0.2) is 11.5 Å². The SMILES string of the molecule is CCc1cc2c(=O)c(-c3ccc4c(c3)OCO4)c(C(F)(F)F)oc2cc1OC(C)C. The molecule has 2 aromatic carbocycles. The monoisotopic (exact) mass is 420 g/mol. The standard InChI is InChI=1S/C22H19F3O5/c1-4-12-7-14-17(9-16(12)29-11(2)3)30-21(22(23,24)25)19(20(14)26)13-5-6-15-18(8-13)28-10-27-15/h5-9,11H,4,10H2,1-3H3. The van der Waals surface area contributed by atoms with Crippen molar-refractivity contribution in [1.82, 2.24) is 0 Å². The van der Waals surface area contributed by atoms with E-state index in [0.29, 0.717) is 23.5 Å². The molecule has 0 saturated carbocycles. The third-order valence-corrected chi connectivity index (χ3v) is 4.74. The molecular weight excluding hydrogens is 401 g/mol. The maximum Gasteiger partial charge on any atom is 0.450 e. The molecule has 0 unspecified atom stereocenters. The minimum atomic E-state index is -4.87. The van der Waals surface area contributed by atoms with Crippen molar-refractivity contribution in [2.75, 3.05) is 6.79 Å². The van der Waals surface area contributed by atoms with Crippen LogP contribution in [-0.4, -0.2) is 12.9 Å². The Labute approximate surface area is 170 Å². The molecule has 4 rings (SSSR count). The summed E-state index contributed by atoms with van der Waals surface area (Å²) < 4.78 is 63.0. The lowest BCUT2D eigenvalue weighted by atomic mass is 9.99. The van der Waals surface area contributed by atoms with Crippen LogP contribution < -0.4 is 19.6 Å². The number of aryl methyl sites for hydroxylation is 1. The van der Waals surface area contributed by atoms with E-state index < -0.39 is 22.9 Å². The third kappa shape index (κ3) is 3.46. The fourth-order valence-electron chi connectivity index (χ4n) is 3.42. The van der Waals surface area contributed by atoms with Gasteiger partial charge >= 0.3 is 6.18 Å². The highest BCUT2D eigenvalue weighted by molar-refractivity contribution is 5.85. The van der Waals surface area contributed by atoms with Crippen LogP contribution in [0.5, 0.6) is 17.2 Å². The lowest BCUT2D eigenvalue weighted by molar-refractivity contribution is -0.152. The summed E-state index contributed by atoms with van der Waals surface area (Å²) >= 11 is 0. The van der Waals surface area contributed by atoms with E-state index in [1.165, 1.54) is 30.3 Å². The van der Waals surface area contributed by atoms with E-state index in [-0.39, 0.29) is 35.2 Å². The van der Waals surface area contributed by atoms with Crippen molar-refractivity contribution in [2.24, 2.45) is 0 Å². The molecule has 1 aromatic heterocycles. The number of alkyl halides is 3. The molecule has 1 aliphatic rings. The first-order valence-electron chi connectivity index (χ1n) is 9.46. The van der Waals surface area contributed by atoms with Gasteiger partial charge < -0.3 is 18.6 Å². The molecule has 0 bridgehead atoms. The predicted octanol–water partition coefficient (Wildman–Crippen LogP) is 5.56. The Bertz CT molecular complexity index is 1180. The smallest absolute Gasteiger partial charge is 0.450 e. The maximum atomic E-state index is 13.9. The molecule has 2 heterocycles. The number of hydrogen-bond donors (Lipinski definition) is 0. The van der Waals surface area contributed by atoms with E-state index in [1.54, 1.807) is 0 Å². The van der Waals surface area contributed by atoms with E-state index in [0.717, 1.165) is 0 Å². The molecular formula is C22H19F3O5. The Kier molecular flexibility index (Phi) is 4.88. The number of halogens is 3. The number of benzene rings is 2. The zero-order chi connectivity index (χ0) is 21.6. The van der Waals surface area contributed by atoms with E-state index in [1.807, 2.05) is 20.8 Å². The molecule has 1 aliphatic heterocycles. The van der Waals surface area contributed by atoms with Crippen molar-refractivity contribution in [1.29, 1.82) is 0 Å². The molecule has 30 heavy (non-hydrogen) atoms. The van der Waals surface area contributed by atoms with Crippen LogP contribution in [0.4, 0.5) is 13.2 Å². The summed E-state index contributed by atoms with van der Waals surface area (Å²) in [5, 5.41) is 0.0589. The van der Waals surface area contributed by atoms with Gasteiger partial charge in [0.05, 0.1) is 17.1 Å². The van der Waals surface area contributed by atoms with Gasteiger partial charge in [-0.25, -0.2) is 0 Å².